The Labute approximate surface area is 110 Å². The number of anilines is 1. The lowest BCUT2D eigenvalue weighted by Gasteiger charge is -2.29. The Morgan fingerprint density at radius 2 is 1.84 bits per heavy atom. The fourth-order valence-electron chi connectivity index (χ4n) is 1.89. The van der Waals surface area contributed by atoms with Crippen LogP contribution in [0, 0.1) is 5.92 Å². The Morgan fingerprint density at radius 3 is 2.42 bits per heavy atom. The second kappa shape index (κ2) is 5.01. The molecule has 0 aromatic heterocycles. The Kier molecular flexibility index (Phi) is 3.41. The van der Waals surface area contributed by atoms with Crippen LogP contribution in [0.3, 0.4) is 0 Å². The number of imide groups is 2. The molecule has 1 heterocycles. The molecule has 0 saturated carbocycles. The molecule has 0 bridgehead atoms. The molecule has 0 radical (unpaired) electrons. The fourth-order valence-corrected chi connectivity index (χ4v) is 1.89. The lowest BCUT2D eigenvalue weighted by molar-refractivity contribution is -0.131. The first-order valence-corrected chi connectivity index (χ1v) is 5.73. The third-order valence-corrected chi connectivity index (χ3v) is 2.95. The van der Waals surface area contributed by atoms with E-state index < -0.39 is 23.8 Å². The van der Waals surface area contributed by atoms with E-state index in [1.807, 2.05) is 0 Å². The molecule has 6 heteroatoms. The maximum absolute atomic E-state index is 12.3. The average molecular weight is 259 g/mol. The van der Waals surface area contributed by atoms with E-state index in [1.54, 1.807) is 37.3 Å². The van der Waals surface area contributed by atoms with Crippen LogP contribution in [-0.4, -0.2) is 30.6 Å². The summed E-state index contributed by atoms with van der Waals surface area (Å²) in [5, 5.41) is 2.17. The summed E-state index contributed by atoms with van der Waals surface area (Å²) in [7, 11) is 1.50. The van der Waals surface area contributed by atoms with Gasteiger partial charge in [-0.15, -0.1) is 0 Å². The van der Waals surface area contributed by atoms with Crippen LogP contribution in [0.2, 0.25) is 0 Å². The maximum atomic E-state index is 12.3. The van der Waals surface area contributed by atoms with Gasteiger partial charge in [-0.1, -0.05) is 18.2 Å². The summed E-state index contributed by atoms with van der Waals surface area (Å²) < 4.78 is 0. The van der Waals surface area contributed by atoms with E-state index in [2.05, 4.69) is 10.3 Å². The van der Waals surface area contributed by atoms with E-state index >= 15 is 0 Å². The van der Waals surface area contributed by atoms with E-state index in [0.717, 1.165) is 4.90 Å². The molecule has 0 aliphatic carbocycles. The van der Waals surface area contributed by atoms with Gasteiger partial charge in [0.15, 0.2) is 5.92 Å². The number of urea groups is 1. The fraction of sp³-hybridized carbons (Fsp3) is 0.231. The summed E-state index contributed by atoms with van der Waals surface area (Å²) >= 11 is 0. The van der Waals surface area contributed by atoms with Crippen LogP contribution in [-0.2, 0) is 9.59 Å². The Morgan fingerprint density at radius 1 is 1.21 bits per heavy atom. The molecule has 19 heavy (non-hydrogen) atoms. The van der Waals surface area contributed by atoms with E-state index in [4.69, 9.17) is 0 Å². The van der Waals surface area contributed by atoms with Crippen LogP contribution in [0.25, 0.3) is 0 Å². The van der Waals surface area contributed by atoms with Gasteiger partial charge in [0.1, 0.15) is 0 Å². The lowest BCUT2D eigenvalue weighted by Crippen LogP contribution is -2.60. The molecule has 1 saturated heterocycles. The van der Waals surface area contributed by atoms with Gasteiger partial charge in [0.25, 0.3) is 5.91 Å². The third kappa shape index (κ3) is 2.24. The van der Waals surface area contributed by atoms with Crippen molar-refractivity contribution in [1.29, 1.82) is 0 Å². The van der Waals surface area contributed by atoms with Gasteiger partial charge < -0.3 is 0 Å². The number of nitrogens with zero attached hydrogens (tertiary/aromatic N) is 2. The first kappa shape index (κ1) is 12.9. The highest BCUT2D eigenvalue weighted by Crippen LogP contribution is 2.20. The number of nitrogens with one attached hydrogen (secondary N) is 1. The molecule has 98 valence electrons. The van der Waals surface area contributed by atoms with Crippen molar-refractivity contribution in [2.75, 3.05) is 11.9 Å². The van der Waals surface area contributed by atoms with Crippen molar-refractivity contribution in [3.8, 4) is 0 Å². The molecule has 1 aromatic carbocycles. The van der Waals surface area contributed by atoms with Crippen molar-refractivity contribution in [1.82, 2.24) is 5.32 Å². The van der Waals surface area contributed by atoms with Crippen molar-refractivity contribution in [3.63, 3.8) is 0 Å². The minimum Gasteiger partial charge on any atom is -0.296 e. The standard InChI is InChI=1S/C13H13N3O3/c1-8(14-2)10-11(17)15-13(19)16(12(10)18)9-6-4-3-5-7-9/h3-7,10H,1-2H3,(H,15,17,19). The van der Waals surface area contributed by atoms with Crippen LogP contribution >= 0.6 is 0 Å². The van der Waals surface area contributed by atoms with Gasteiger partial charge in [0.05, 0.1) is 5.69 Å². The van der Waals surface area contributed by atoms with Crippen LogP contribution in [0.4, 0.5) is 10.5 Å². The maximum Gasteiger partial charge on any atom is 0.335 e. The first-order valence-electron chi connectivity index (χ1n) is 5.73. The number of hydrogen-bond acceptors (Lipinski definition) is 4. The van der Waals surface area contributed by atoms with Gasteiger partial charge in [0, 0.05) is 12.8 Å². The topological polar surface area (TPSA) is 78.8 Å². The van der Waals surface area contributed by atoms with Crippen LogP contribution in [0.1, 0.15) is 6.92 Å². The second-order valence-electron chi connectivity index (χ2n) is 4.10. The normalized spacial score (nSPS) is 20.5. The van der Waals surface area contributed by atoms with E-state index in [9.17, 15) is 14.4 Å². The first-order chi connectivity index (χ1) is 9.06. The number of aliphatic imine (C=N–C) groups is 1. The lowest BCUT2D eigenvalue weighted by atomic mass is 9.99. The highest BCUT2D eigenvalue weighted by Gasteiger charge is 2.42. The number of carbonyl (C=O) groups excluding carboxylic acids is 3. The number of amides is 4. The smallest absolute Gasteiger partial charge is 0.296 e. The SMILES string of the molecule is CN=C(C)C1C(=O)NC(=O)N(c2ccccc2)C1=O. The minimum atomic E-state index is -1.05. The van der Waals surface area contributed by atoms with E-state index in [0.29, 0.717) is 11.4 Å². The molecule has 0 spiro atoms. The molecule has 1 aliphatic rings. The molecule has 1 unspecified atom stereocenters. The highest BCUT2D eigenvalue weighted by atomic mass is 16.2. The molecule has 1 fully saturated rings. The predicted molar refractivity (Wildman–Crippen MR) is 70.0 cm³/mol. The summed E-state index contributed by atoms with van der Waals surface area (Å²) in [6.07, 6.45) is 0. The molecular formula is C13H13N3O3. The molecule has 1 aliphatic heterocycles. The van der Waals surface area contributed by atoms with Gasteiger partial charge in [0.2, 0.25) is 5.91 Å². The van der Waals surface area contributed by atoms with Gasteiger partial charge >= 0.3 is 6.03 Å². The van der Waals surface area contributed by atoms with Crippen molar-refractivity contribution in [3.05, 3.63) is 30.3 Å². The second-order valence-corrected chi connectivity index (χ2v) is 4.10. The third-order valence-electron chi connectivity index (χ3n) is 2.95. The molecular weight excluding hydrogens is 246 g/mol. The zero-order valence-electron chi connectivity index (χ0n) is 10.6. The molecule has 6 nitrogen and oxygen atoms in total. The Bertz CT molecular complexity index is 566. The van der Waals surface area contributed by atoms with Gasteiger partial charge in [-0.2, -0.15) is 0 Å². The molecule has 1 atom stereocenters. The number of para-hydroxylation sites is 1. The molecule has 2 rings (SSSR count). The Hall–Kier alpha value is -2.50. The van der Waals surface area contributed by atoms with Gasteiger partial charge in [-0.25, -0.2) is 9.69 Å². The summed E-state index contributed by atoms with van der Waals surface area (Å²) in [5.74, 6) is -2.27. The summed E-state index contributed by atoms with van der Waals surface area (Å²) in [6, 6.07) is 7.72. The number of carbonyl (C=O) groups is 3. The zero-order chi connectivity index (χ0) is 14.0. The average Bonchev–Trinajstić information content (AvgIpc) is 2.39. The van der Waals surface area contributed by atoms with E-state index in [-0.39, 0.29) is 0 Å². The quantitative estimate of drug-likeness (QED) is 0.635. The predicted octanol–water partition coefficient (Wildman–Crippen LogP) is 0.976. The number of barbiturate groups is 1. The van der Waals surface area contributed by atoms with E-state index in [1.165, 1.54) is 7.05 Å². The minimum absolute atomic E-state index is 0.371. The summed E-state index contributed by atoms with van der Waals surface area (Å²) in [6.45, 7) is 1.58. The van der Waals surface area contributed by atoms with Gasteiger partial charge in [-0.05, 0) is 19.1 Å². The summed E-state index contributed by atoms with van der Waals surface area (Å²) in [4.78, 5) is 40.7. The zero-order valence-corrected chi connectivity index (χ0v) is 10.6. The van der Waals surface area contributed by atoms with Crippen LogP contribution in [0.15, 0.2) is 35.3 Å². The van der Waals surface area contributed by atoms with Crippen LogP contribution in [0.5, 0.6) is 0 Å². The van der Waals surface area contributed by atoms with Crippen molar-refractivity contribution in [2.24, 2.45) is 10.9 Å². The van der Waals surface area contributed by atoms with Crippen molar-refractivity contribution < 1.29 is 14.4 Å². The molecule has 1 aromatic rings. The molecule has 1 N–H and O–H groups in total. The number of hydrogen-bond donors (Lipinski definition) is 1. The van der Waals surface area contributed by atoms with Crippen molar-refractivity contribution >= 4 is 29.2 Å². The summed E-state index contributed by atoms with van der Waals surface area (Å²) in [5.41, 5.74) is 0.794. The number of rotatable bonds is 2. The van der Waals surface area contributed by atoms with Crippen molar-refractivity contribution in [2.45, 2.75) is 6.92 Å². The van der Waals surface area contributed by atoms with Gasteiger partial charge in [-0.3, -0.25) is 19.9 Å². The Balaban J connectivity index is 2.42. The largest absolute Gasteiger partial charge is 0.335 e. The monoisotopic (exact) mass is 259 g/mol. The molecule has 4 amide bonds. The highest BCUT2D eigenvalue weighted by molar-refractivity contribution is 6.35. The number of benzene rings is 1. The van der Waals surface area contributed by atoms with Crippen LogP contribution < -0.4 is 10.2 Å².